The molecular formula is C18H18FN3O3. The Kier molecular flexibility index (Phi) is 6.22. The molecule has 2 amide bonds. The Hall–Kier alpha value is -3.22. The van der Waals surface area contributed by atoms with E-state index in [4.69, 9.17) is 4.84 Å². The van der Waals surface area contributed by atoms with E-state index in [1.807, 2.05) is 0 Å². The van der Waals surface area contributed by atoms with Crippen molar-refractivity contribution in [2.24, 2.45) is 5.16 Å². The first kappa shape index (κ1) is 18.1. The smallest absolute Gasteiger partial charge is 0.265 e. The zero-order valence-electron chi connectivity index (χ0n) is 13.9. The predicted octanol–water partition coefficient (Wildman–Crippen LogP) is 3.16. The van der Waals surface area contributed by atoms with Crippen molar-refractivity contribution in [2.45, 2.75) is 13.8 Å². The molecule has 0 radical (unpaired) electrons. The van der Waals surface area contributed by atoms with Crippen LogP contribution < -0.4 is 10.6 Å². The number of rotatable bonds is 6. The van der Waals surface area contributed by atoms with Gasteiger partial charge < -0.3 is 15.5 Å². The molecule has 7 heteroatoms. The van der Waals surface area contributed by atoms with Crippen molar-refractivity contribution < 1.29 is 18.8 Å². The molecule has 0 aromatic heterocycles. The van der Waals surface area contributed by atoms with E-state index in [1.54, 1.807) is 37.3 Å². The lowest BCUT2D eigenvalue weighted by Gasteiger charge is -2.06. The number of hydrogen-bond acceptors (Lipinski definition) is 4. The van der Waals surface area contributed by atoms with Crippen molar-refractivity contribution in [1.82, 2.24) is 0 Å². The van der Waals surface area contributed by atoms with Crippen LogP contribution >= 0.6 is 0 Å². The van der Waals surface area contributed by atoms with Crippen molar-refractivity contribution in [3.05, 3.63) is 59.9 Å². The summed E-state index contributed by atoms with van der Waals surface area (Å²) < 4.78 is 13.0. The van der Waals surface area contributed by atoms with Gasteiger partial charge in [-0.3, -0.25) is 9.59 Å². The number of oxime groups is 1. The third kappa shape index (κ3) is 6.06. The zero-order chi connectivity index (χ0) is 18.2. The minimum Gasteiger partial charge on any atom is -0.385 e. The quantitative estimate of drug-likeness (QED) is 0.624. The van der Waals surface area contributed by atoms with Gasteiger partial charge in [0.15, 0.2) is 6.61 Å². The maximum atomic E-state index is 13.0. The van der Waals surface area contributed by atoms with Gasteiger partial charge in [0.1, 0.15) is 5.82 Å². The highest BCUT2D eigenvalue weighted by Gasteiger charge is 2.05. The second kappa shape index (κ2) is 8.58. The number of carbonyl (C=O) groups excluding carboxylic acids is 2. The minimum absolute atomic E-state index is 0.147. The summed E-state index contributed by atoms with van der Waals surface area (Å²) in [5.41, 5.74) is 2.40. The molecule has 0 aliphatic rings. The first-order valence-electron chi connectivity index (χ1n) is 7.54. The maximum absolute atomic E-state index is 13.0. The molecule has 2 N–H and O–H groups in total. The van der Waals surface area contributed by atoms with Crippen molar-refractivity contribution in [1.29, 1.82) is 0 Å². The van der Waals surface area contributed by atoms with Gasteiger partial charge in [0.25, 0.3) is 5.91 Å². The highest BCUT2D eigenvalue weighted by atomic mass is 19.1. The number of amides is 2. The monoisotopic (exact) mass is 343 g/mol. The minimum atomic E-state index is -0.442. The van der Waals surface area contributed by atoms with Crippen LogP contribution in [0.15, 0.2) is 53.7 Å². The number of halogens is 1. The summed E-state index contributed by atoms with van der Waals surface area (Å²) in [7, 11) is 0. The first-order valence-corrected chi connectivity index (χ1v) is 7.54. The van der Waals surface area contributed by atoms with E-state index in [1.165, 1.54) is 25.1 Å². The van der Waals surface area contributed by atoms with Crippen LogP contribution in [0.2, 0.25) is 0 Å². The summed E-state index contributed by atoms with van der Waals surface area (Å²) >= 11 is 0. The lowest BCUT2D eigenvalue weighted by Crippen LogP contribution is -2.17. The van der Waals surface area contributed by atoms with Crippen LogP contribution in [0.5, 0.6) is 0 Å². The Bertz CT molecular complexity index is 788. The molecule has 0 aliphatic heterocycles. The molecule has 0 aliphatic carbocycles. The molecule has 0 saturated carbocycles. The fourth-order valence-electron chi connectivity index (χ4n) is 2.00. The van der Waals surface area contributed by atoms with E-state index in [0.29, 0.717) is 17.1 Å². The van der Waals surface area contributed by atoms with Gasteiger partial charge >= 0.3 is 0 Å². The van der Waals surface area contributed by atoms with Gasteiger partial charge in [0.05, 0.1) is 5.71 Å². The normalized spacial score (nSPS) is 10.9. The molecule has 0 spiro atoms. The van der Waals surface area contributed by atoms with Gasteiger partial charge in [-0.2, -0.15) is 0 Å². The molecule has 2 aromatic carbocycles. The molecule has 2 aromatic rings. The summed E-state index contributed by atoms with van der Waals surface area (Å²) in [5, 5.41) is 9.05. The zero-order valence-corrected chi connectivity index (χ0v) is 13.9. The van der Waals surface area contributed by atoms with Crippen molar-refractivity contribution in [3.8, 4) is 0 Å². The van der Waals surface area contributed by atoms with Crippen LogP contribution in [0, 0.1) is 5.82 Å². The Labute approximate surface area is 144 Å². The molecule has 130 valence electrons. The number of anilines is 2. The third-order valence-electron chi connectivity index (χ3n) is 3.13. The summed E-state index contributed by atoms with van der Waals surface area (Å²) in [6.07, 6.45) is 0. The Morgan fingerprint density at radius 3 is 2.40 bits per heavy atom. The second-order valence-electron chi connectivity index (χ2n) is 5.27. The first-order chi connectivity index (χ1) is 11.9. The standard InChI is InChI=1S/C18H18FN3O3/c1-12(14-6-8-16(9-7-14)20-13(2)23)22-25-11-18(24)21-17-5-3-4-15(19)10-17/h3-10H,11H2,1-2H3,(H,20,23)(H,21,24)/b22-12+. The molecule has 0 unspecified atom stereocenters. The van der Waals surface area contributed by atoms with Crippen molar-refractivity contribution in [2.75, 3.05) is 17.2 Å². The molecule has 0 bridgehead atoms. The van der Waals surface area contributed by atoms with Crippen LogP contribution in [0.4, 0.5) is 15.8 Å². The SMILES string of the molecule is CC(=O)Nc1ccc(/C(C)=N/OCC(=O)Nc2cccc(F)c2)cc1. The topological polar surface area (TPSA) is 79.8 Å². The van der Waals surface area contributed by atoms with E-state index >= 15 is 0 Å². The molecule has 0 fully saturated rings. The summed E-state index contributed by atoms with van der Waals surface area (Å²) in [6, 6.07) is 12.6. The summed E-state index contributed by atoms with van der Waals surface area (Å²) in [4.78, 5) is 27.7. The van der Waals surface area contributed by atoms with Crippen LogP contribution in [-0.4, -0.2) is 24.1 Å². The molecule has 6 nitrogen and oxygen atoms in total. The third-order valence-corrected chi connectivity index (χ3v) is 3.13. The average molecular weight is 343 g/mol. The maximum Gasteiger partial charge on any atom is 0.265 e. The van der Waals surface area contributed by atoms with Gasteiger partial charge in [-0.1, -0.05) is 23.4 Å². The lowest BCUT2D eigenvalue weighted by atomic mass is 10.1. The summed E-state index contributed by atoms with van der Waals surface area (Å²) in [5.74, 6) is -1.02. The van der Waals surface area contributed by atoms with Crippen LogP contribution in [0.25, 0.3) is 0 Å². The molecule has 0 heterocycles. The largest absolute Gasteiger partial charge is 0.385 e. The Morgan fingerprint density at radius 2 is 1.76 bits per heavy atom. The summed E-state index contributed by atoms with van der Waals surface area (Å²) in [6.45, 7) is 2.87. The number of nitrogens with zero attached hydrogens (tertiary/aromatic N) is 1. The van der Waals surface area contributed by atoms with Crippen molar-refractivity contribution >= 4 is 28.9 Å². The lowest BCUT2D eigenvalue weighted by molar-refractivity contribution is -0.120. The number of carbonyl (C=O) groups is 2. The fraction of sp³-hybridized carbons (Fsp3) is 0.167. The van der Waals surface area contributed by atoms with E-state index < -0.39 is 11.7 Å². The molecule has 0 saturated heterocycles. The van der Waals surface area contributed by atoms with Gasteiger partial charge in [0.2, 0.25) is 5.91 Å². The van der Waals surface area contributed by atoms with E-state index in [2.05, 4.69) is 15.8 Å². The Balaban J connectivity index is 1.86. The molecular weight excluding hydrogens is 325 g/mol. The van der Waals surface area contributed by atoms with Gasteiger partial charge in [0, 0.05) is 18.3 Å². The molecule has 0 atom stereocenters. The number of nitrogens with one attached hydrogen (secondary N) is 2. The number of hydrogen-bond donors (Lipinski definition) is 2. The van der Waals surface area contributed by atoms with Crippen LogP contribution in [0.1, 0.15) is 19.4 Å². The predicted molar refractivity (Wildman–Crippen MR) is 93.9 cm³/mol. The van der Waals surface area contributed by atoms with E-state index in [9.17, 15) is 14.0 Å². The second-order valence-corrected chi connectivity index (χ2v) is 5.27. The van der Waals surface area contributed by atoms with E-state index in [-0.39, 0.29) is 12.5 Å². The molecule has 25 heavy (non-hydrogen) atoms. The van der Waals surface area contributed by atoms with Crippen LogP contribution in [-0.2, 0) is 14.4 Å². The molecule has 2 rings (SSSR count). The highest BCUT2D eigenvalue weighted by molar-refractivity contribution is 5.99. The Morgan fingerprint density at radius 1 is 1.04 bits per heavy atom. The highest BCUT2D eigenvalue weighted by Crippen LogP contribution is 2.11. The van der Waals surface area contributed by atoms with Crippen molar-refractivity contribution in [3.63, 3.8) is 0 Å². The van der Waals surface area contributed by atoms with Gasteiger partial charge in [-0.05, 0) is 42.8 Å². The van der Waals surface area contributed by atoms with Gasteiger partial charge in [-0.25, -0.2) is 4.39 Å². The average Bonchev–Trinajstić information content (AvgIpc) is 2.55. The van der Waals surface area contributed by atoms with Crippen LogP contribution in [0.3, 0.4) is 0 Å². The number of benzene rings is 2. The van der Waals surface area contributed by atoms with Gasteiger partial charge in [-0.15, -0.1) is 0 Å². The fourth-order valence-corrected chi connectivity index (χ4v) is 2.00. The van der Waals surface area contributed by atoms with E-state index in [0.717, 1.165) is 5.56 Å².